The highest BCUT2D eigenvalue weighted by atomic mass is 19.1. The fourth-order valence-electron chi connectivity index (χ4n) is 6.03. The SMILES string of the molecule is Cc1ccc2c(N3CC[C@H](CF)C3=O)cccc2c1Oc1ncccc1-c1ccnc(N[C@H]2CCCN(C(=O)OC(C)(C)C)C2)n1. The lowest BCUT2D eigenvalue weighted by Gasteiger charge is -2.34. The Morgan fingerprint density at radius 3 is 2.65 bits per heavy atom. The maximum absolute atomic E-state index is 13.4. The van der Waals surface area contributed by atoms with Gasteiger partial charge in [0, 0.05) is 48.8 Å². The second-order valence-electron chi connectivity index (χ2n) is 12.8. The zero-order valence-electron chi connectivity index (χ0n) is 26.6. The summed E-state index contributed by atoms with van der Waals surface area (Å²) in [4.78, 5) is 42.7. The fraction of sp³-hybridized carbons (Fsp3) is 0.400. The second kappa shape index (κ2) is 12.9. The molecule has 0 radical (unpaired) electrons. The van der Waals surface area contributed by atoms with Gasteiger partial charge in [-0.15, -0.1) is 0 Å². The van der Waals surface area contributed by atoms with Gasteiger partial charge in [0.15, 0.2) is 0 Å². The van der Waals surface area contributed by atoms with Crippen molar-refractivity contribution >= 4 is 34.4 Å². The van der Waals surface area contributed by atoms with E-state index in [1.54, 1.807) is 28.3 Å². The van der Waals surface area contributed by atoms with Gasteiger partial charge in [-0.25, -0.2) is 19.7 Å². The Hall–Kier alpha value is -4.80. The lowest BCUT2D eigenvalue weighted by Crippen LogP contribution is -2.47. The summed E-state index contributed by atoms with van der Waals surface area (Å²) in [6.07, 6.45) is 5.23. The van der Waals surface area contributed by atoms with E-state index in [-0.39, 0.29) is 18.0 Å². The number of aryl methyl sites for hydroxylation is 1. The van der Waals surface area contributed by atoms with Gasteiger partial charge in [0.1, 0.15) is 18.0 Å². The van der Waals surface area contributed by atoms with Gasteiger partial charge >= 0.3 is 6.09 Å². The molecule has 4 aromatic rings. The van der Waals surface area contributed by atoms with Crippen molar-refractivity contribution in [1.29, 1.82) is 0 Å². The van der Waals surface area contributed by atoms with Crippen LogP contribution in [-0.2, 0) is 9.53 Å². The molecule has 0 saturated carbocycles. The van der Waals surface area contributed by atoms with Crippen LogP contribution in [0.1, 0.15) is 45.6 Å². The van der Waals surface area contributed by atoms with Gasteiger partial charge in [0.25, 0.3) is 0 Å². The number of amides is 2. The number of piperidine rings is 1. The van der Waals surface area contributed by atoms with Crippen molar-refractivity contribution in [1.82, 2.24) is 19.9 Å². The number of likely N-dealkylation sites (tertiary alicyclic amines) is 1. The Morgan fingerprint density at radius 2 is 1.87 bits per heavy atom. The number of halogens is 1. The topological polar surface area (TPSA) is 110 Å². The highest BCUT2D eigenvalue weighted by Crippen LogP contribution is 2.40. The molecule has 0 spiro atoms. The van der Waals surface area contributed by atoms with Crippen molar-refractivity contribution < 1.29 is 23.5 Å². The highest BCUT2D eigenvalue weighted by Gasteiger charge is 2.33. The molecule has 2 amide bonds. The number of carbonyl (C=O) groups excluding carboxylic acids is 2. The number of fused-ring (bicyclic) bond motifs is 1. The summed E-state index contributed by atoms with van der Waals surface area (Å²) >= 11 is 0. The largest absolute Gasteiger partial charge is 0.444 e. The monoisotopic (exact) mass is 626 g/mol. The maximum atomic E-state index is 13.4. The fourth-order valence-corrected chi connectivity index (χ4v) is 6.03. The minimum absolute atomic E-state index is 0.0312. The molecule has 11 heteroatoms. The van der Waals surface area contributed by atoms with Crippen LogP contribution in [0.15, 0.2) is 60.9 Å². The molecule has 2 atom stereocenters. The number of hydrogen-bond donors (Lipinski definition) is 1. The molecular weight excluding hydrogens is 587 g/mol. The molecule has 0 bridgehead atoms. The number of ether oxygens (including phenoxy) is 2. The summed E-state index contributed by atoms with van der Waals surface area (Å²) in [6, 6.07) is 15.1. The average Bonchev–Trinajstić information content (AvgIpc) is 3.41. The van der Waals surface area contributed by atoms with Gasteiger partial charge in [-0.05, 0) is 76.8 Å². The number of carbonyl (C=O) groups is 2. The lowest BCUT2D eigenvalue weighted by atomic mass is 10.0. The van der Waals surface area contributed by atoms with Crippen LogP contribution >= 0.6 is 0 Å². The van der Waals surface area contributed by atoms with E-state index in [9.17, 15) is 14.0 Å². The van der Waals surface area contributed by atoms with Crippen molar-refractivity contribution in [2.45, 2.75) is 58.6 Å². The normalized spacial score (nSPS) is 18.6. The quantitative estimate of drug-likeness (QED) is 0.235. The maximum Gasteiger partial charge on any atom is 0.410 e. The van der Waals surface area contributed by atoms with E-state index >= 15 is 0 Å². The van der Waals surface area contributed by atoms with Gasteiger partial charge in [0.05, 0.1) is 22.9 Å². The molecule has 6 rings (SSSR count). The Morgan fingerprint density at radius 1 is 1.02 bits per heavy atom. The van der Waals surface area contributed by atoms with E-state index in [4.69, 9.17) is 14.5 Å². The van der Waals surface area contributed by atoms with Crippen LogP contribution in [-0.4, -0.2) is 69.8 Å². The molecule has 2 aliphatic rings. The van der Waals surface area contributed by atoms with Crippen molar-refractivity contribution in [3.05, 3.63) is 66.5 Å². The third kappa shape index (κ3) is 6.59. The number of anilines is 2. The standard InChI is InChI=1S/C35H39FN6O4/c1-22-12-13-25-26(9-5-11-29(25)42-19-15-23(20-36)32(42)43)30(22)45-31-27(10-6-16-37-31)28-14-17-38-33(40-28)39-24-8-7-18-41(21-24)34(44)46-35(2,3)4/h5-6,9-14,16-17,23-24H,7-8,15,18-21H2,1-4H3,(H,38,39,40)/t23-,24+/m1/s1. The molecule has 2 saturated heterocycles. The highest BCUT2D eigenvalue weighted by molar-refractivity contribution is 6.07. The molecule has 46 heavy (non-hydrogen) atoms. The van der Waals surface area contributed by atoms with Crippen LogP contribution in [0, 0.1) is 12.8 Å². The number of aromatic nitrogens is 3. The molecule has 4 heterocycles. The molecule has 2 aliphatic heterocycles. The summed E-state index contributed by atoms with van der Waals surface area (Å²) in [6.45, 7) is 8.50. The molecule has 0 aliphatic carbocycles. The number of hydrogen-bond acceptors (Lipinski definition) is 8. The molecule has 240 valence electrons. The Labute approximate surface area is 267 Å². The number of nitrogens with one attached hydrogen (secondary N) is 1. The van der Waals surface area contributed by atoms with Crippen LogP contribution < -0.4 is 15.0 Å². The lowest BCUT2D eigenvalue weighted by molar-refractivity contribution is -0.120. The third-order valence-electron chi connectivity index (χ3n) is 8.29. The predicted molar refractivity (Wildman–Crippen MR) is 175 cm³/mol. The number of pyridine rings is 1. The molecule has 10 nitrogen and oxygen atoms in total. The molecule has 2 fully saturated rings. The van der Waals surface area contributed by atoms with Crippen molar-refractivity contribution in [3.63, 3.8) is 0 Å². The molecule has 0 unspecified atom stereocenters. The van der Waals surface area contributed by atoms with Crippen LogP contribution in [0.5, 0.6) is 11.6 Å². The Kier molecular flexibility index (Phi) is 8.75. The van der Waals surface area contributed by atoms with Crippen LogP contribution in [0.25, 0.3) is 22.0 Å². The van der Waals surface area contributed by atoms with E-state index in [0.717, 1.165) is 34.9 Å². The first-order valence-electron chi connectivity index (χ1n) is 15.7. The van der Waals surface area contributed by atoms with E-state index < -0.39 is 18.2 Å². The Balaban J connectivity index is 1.25. The van der Waals surface area contributed by atoms with Gasteiger partial charge < -0.3 is 24.6 Å². The van der Waals surface area contributed by atoms with E-state index in [1.165, 1.54) is 0 Å². The number of benzene rings is 2. The van der Waals surface area contributed by atoms with Crippen LogP contribution in [0.4, 0.5) is 20.8 Å². The Bertz CT molecular complexity index is 1760. The number of nitrogens with zero attached hydrogens (tertiary/aromatic N) is 5. The predicted octanol–water partition coefficient (Wildman–Crippen LogP) is 6.93. The van der Waals surface area contributed by atoms with Gasteiger partial charge in [-0.1, -0.05) is 24.3 Å². The summed E-state index contributed by atoms with van der Waals surface area (Å²) in [5, 5.41) is 5.06. The molecule has 2 aromatic heterocycles. The summed E-state index contributed by atoms with van der Waals surface area (Å²) < 4.78 is 25.5. The second-order valence-corrected chi connectivity index (χ2v) is 12.8. The van der Waals surface area contributed by atoms with Crippen molar-refractivity contribution in [2.24, 2.45) is 5.92 Å². The third-order valence-corrected chi connectivity index (χ3v) is 8.29. The zero-order chi connectivity index (χ0) is 32.4. The summed E-state index contributed by atoms with van der Waals surface area (Å²) in [5.74, 6) is 0.642. The van der Waals surface area contributed by atoms with Crippen LogP contribution in [0.3, 0.4) is 0 Å². The zero-order valence-corrected chi connectivity index (χ0v) is 26.6. The van der Waals surface area contributed by atoms with Crippen molar-refractivity contribution in [3.8, 4) is 22.9 Å². The van der Waals surface area contributed by atoms with Crippen LogP contribution in [0.2, 0.25) is 0 Å². The summed E-state index contributed by atoms with van der Waals surface area (Å²) in [7, 11) is 0. The summed E-state index contributed by atoms with van der Waals surface area (Å²) in [5.41, 5.74) is 2.38. The smallest absolute Gasteiger partial charge is 0.410 e. The average molecular weight is 627 g/mol. The molecule has 2 aromatic carbocycles. The molecule has 1 N–H and O–H groups in total. The van der Waals surface area contributed by atoms with Gasteiger partial charge in [-0.3, -0.25) is 9.18 Å². The molecular formula is C35H39FN6O4. The van der Waals surface area contributed by atoms with Gasteiger partial charge in [-0.2, -0.15) is 0 Å². The van der Waals surface area contributed by atoms with E-state index in [0.29, 0.717) is 54.9 Å². The van der Waals surface area contributed by atoms with E-state index in [2.05, 4.69) is 15.3 Å². The van der Waals surface area contributed by atoms with E-state index in [1.807, 2.05) is 70.2 Å². The minimum Gasteiger partial charge on any atom is -0.444 e. The first-order chi connectivity index (χ1) is 22.1. The first kappa shape index (κ1) is 31.2. The van der Waals surface area contributed by atoms with Gasteiger partial charge in [0.2, 0.25) is 17.7 Å². The minimum atomic E-state index is -0.651. The first-order valence-corrected chi connectivity index (χ1v) is 15.7. The van der Waals surface area contributed by atoms with Crippen molar-refractivity contribution in [2.75, 3.05) is 36.5 Å². The number of rotatable bonds is 7. The number of alkyl halides is 1.